The maximum absolute atomic E-state index is 11.5. The van der Waals surface area contributed by atoms with E-state index in [-0.39, 0.29) is 18.6 Å². The molecule has 0 saturated carbocycles. The van der Waals surface area contributed by atoms with Crippen molar-refractivity contribution >= 4 is 22.0 Å². The van der Waals surface area contributed by atoms with Gasteiger partial charge in [0.25, 0.3) is 0 Å². The van der Waals surface area contributed by atoms with E-state index in [1.165, 1.54) is 4.90 Å². The maximum Gasteiger partial charge on any atom is 0.318 e. The van der Waals surface area contributed by atoms with Crippen LogP contribution in [-0.2, 0) is 0 Å². The number of nitrogens with one attached hydrogen (secondary N) is 1. The summed E-state index contributed by atoms with van der Waals surface area (Å²) in [5, 5.41) is 11.4. The van der Waals surface area contributed by atoms with E-state index in [0.29, 0.717) is 6.54 Å². The summed E-state index contributed by atoms with van der Waals surface area (Å²) in [4.78, 5) is 13.0. The third-order valence-corrected chi connectivity index (χ3v) is 3.25. The fourth-order valence-corrected chi connectivity index (χ4v) is 2.31. The number of halogens is 1. The summed E-state index contributed by atoms with van der Waals surface area (Å²) < 4.78 is 0.971. The molecule has 1 heterocycles. The summed E-state index contributed by atoms with van der Waals surface area (Å²) in [6.07, 6.45) is 0. The van der Waals surface area contributed by atoms with Gasteiger partial charge in [-0.3, -0.25) is 0 Å². The first-order valence-electron chi connectivity index (χ1n) is 4.89. The highest BCUT2D eigenvalue weighted by molar-refractivity contribution is 9.10. The van der Waals surface area contributed by atoms with Gasteiger partial charge in [0.05, 0.1) is 12.1 Å². The van der Waals surface area contributed by atoms with E-state index in [2.05, 4.69) is 21.2 Å². The molecule has 1 fully saturated rings. The number of amides is 2. The van der Waals surface area contributed by atoms with Crippen LogP contribution in [0.5, 0.6) is 0 Å². The second-order valence-electron chi connectivity index (χ2n) is 3.56. The second-order valence-corrected chi connectivity index (χ2v) is 4.42. The molecule has 2 amide bonds. The van der Waals surface area contributed by atoms with E-state index >= 15 is 0 Å². The molecule has 1 aromatic carbocycles. The predicted molar refractivity (Wildman–Crippen MR) is 62.6 cm³/mol. The Hall–Kier alpha value is -1.54. The van der Waals surface area contributed by atoms with Crippen LogP contribution in [0.4, 0.5) is 4.79 Å². The van der Waals surface area contributed by atoms with Crippen LogP contribution in [0.2, 0.25) is 0 Å². The van der Waals surface area contributed by atoms with Crippen molar-refractivity contribution in [2.24, 2.45) is 0 Å². The van der Waals surface area contributed by atoms with Gasteiger partial charge in [0.1, 0.15) is 6.54 Å². The van der Waals surface area contributed by atoms with Crippen LogP contribution in [0.25, 0.3) is 0 Å². The SMILES string of the molecule is N#CCN1CC(c2ccccc2Br)NC1=O. The van der Waals surface area contributed by atoms with E-state index in [0.717, 1.165) is 10.0 Å². The summed E-state index contributed by atoms with van der Waals surface area (Å²) in [6, 6.07) is 9.52. The first kappa shape index (κ1) is 11.0. The van der Waals surface area contributed by atoms with Gasteiger partial charge in [-0.25, -0.2) is 4.79 Å². The van der Waals surface area contributed by atoms with Crippen molar-refractivity contribution in [2.45, 2.75) is 6.04 Å². The number of hydrogen-bond donors (Lipinski definition) is 1. The Balaban J connectivity index is 2.18. The molecule has 1 saturated heterocycles. The van der Waals surface area contributed by atoms with Crippen LogP contribution in [0, 0.1) is 11.3 Å². The van der Waals surface area contributed by atoms with Crippen molar-refractivity contribution in [3.8, 4) is 6.07 Å². The van der Waals surface area contributed by atoms with Crippen LogP contribution in [0.3, 0.4) is 0 Å². The Bertz CT molecular complexity index is 455. The smallest absolute Gasteiger partial charge is 0.318 e. The highest BCUT2D eigenvalue weighted by Crippen LogP contribution is 2.26. The fraction of sp³-hybridized carbons (Fsp3) is 0.273. The number of rotatable bonds is 2. The van der Waals surface area contributed by atoms with Gasteiger partial charge in [0, 0.05) is 11.0 Å². The normalized spacial score (nSPS) is 19.4. The Morgan fingerprint density at radius 2 is 2.31 bits per heavy atom. The first-order chi connectivity index (χ1) is 7.72. The molecule has 1 N–H and O–H groups in total. The zero-order chi connectivity index (χ0) is 11.5. The summed E-state index contributed by atoms with van der Waals surface area (Å²) in [5.41, 5.74) is 1.04. The van der Waals surface area contributed by atoms with Gasteiger partial charge in [0.15, 0.2) is 0 Å². The molecular formula is C11H10BrN3O. The third-order valence-electron chi connectivity index (χ3n) is 2.53. The minimum atomic E-state index is -0.178. The zero-order valence-corrected chi connectivity index (χ0v) is 10.1. The zero-order valence-electron chi connectivity index (χ0n) is 8.48. The molecule has 0 radical (unpaired) electrons. The molecule has 0 bridgehead atoms. The molecular weight excluding hydrogens is 270 g/mol. The molecule has 1 aromatic rings. The van der Waals surface area contributed by atoms with E-state index in [9.17, 15) is 4.79 Å². The molecule has 4 nitrogen and oxygen atoms in total. The molecule has 1 atom stereocenters. The summed E-state index contributed by atoms with van der Waals surface area (Å²) in [5.74, 6) is 0. The van der Waals surface area contributed by atoms with Crippen molar-refractivity contribution in [2.75, 3.05) is 13.1 Å². The lowest BCUT2D eigenvalue weighted by atomic mass is 10.1. The molecule has 82 valence electrons. The number of carbonyl (C=O) groups is 1. The molecule has 1 aliphatic rings. The van der Waals surface area contributed by atoms with Crippen LogP contribution >= 0.6 is 15.9 Å². The van der Waals surface area contributed by atoms with Crippen LogP contribution in [0.1, 0.15) is 11.6 Å². The standard InChI is InChI=1S/C11H10BrN3O/c12-9-4-2-1-3-8(9)10-7-15(6-5-13)11(16)14-10/h1-4,10H,6-7H2,(H,14,16). The van der Waals surface area contributed by atoms with E-state index in [4.69, 9.17) is 5.26 Å². The first-order valence-corrected chi connectivity index (χ1v) is 5.68. The number of benzene rings is 1. The Labute approximate surface area is 102 Å². The second kappa shape index (κ2) is 4.54. The average Bonchev–Trinajstić information content (AvgIpc) is 2.61. The number of hydrogen-bond acceptors (Lipinski definition) is 2. The van der Waals surface area contributed by atoms with Crippen molar-refractivity contribution in [3.63, 3.8) is 0 Å². The molecule has 1 aliphatic heterocycles. The minimum Gasteiger partial charge on any atom is -0.329 e. The summed E-state index contributed by atoms with van der Waals surface area (Å²) in [7, 11) is 0. The molecule has 16 heavy (non-hydrogen) atoms. The van der Waals surface area contributed by atoms with Gasteiger partial charge >= 0.3 is 6.03 Å². The predicted octanol–water partition coefficient (Wildman–Crippen LogP) is 2.04. The fourth-order valence-electron chi connectivity index (χ4n) is 1.74. The van der Waals surface area contributed by atoms with Gasteiger partial charge in [-0.05, 0) is 11.6 Å². The van der Waals surface area contributed by atoms with Gasteiger partial charge in [-0.2, -0.15) is 5.26 Å². The van der Waals surface area contributed by atoms with Gasteiger partial charge < -0.3 is 10.2 Å². The highest BCUT2D eigenvalue weighted by Gasteiger charge is 2.30. The lowest BCUT2D eigenvalue weighted by Gasteiger charge is -2.12. The van der Waals surface area contributed by atoms with Gasteiger partial charge in [-0.15, -0.1) is 0 Å². The van der Waals surface area contributed by atoms with E-state index < -0.39 is 0 Å². The van der Waals surface area contributed by atoms with Gasteiger partial charge in [0.2, 0.25) is 0 Å². The molecule has 0 aromatic heterocycles. The van der Waals surface area contributed by atoms with Gasteiger partial charge in [-0.1, -0.05) is 34.1 Å². The van der Waals surface area contributed by atoms with Crippen molar-refractivity contribution in [3.05, 3.63) is 34.3 Å². The molecule has 5 heteroatoms. The third kappa shape index (κ3) is 2.02. The molecule has 1 unspecified atom stereocenters. The lowest BCUT2D eigenvalue weighted by molar-refractivity contribution is 0.222. The molecule has 0 spiro atoms. The highest BCUT2D eigenvalue weighted by atomic mass is 79.9. The summed E-state index contributed by atoms with van der Waals surface area (Å²) >= 11 is 3.45. The molecule has 2 rings (SSSR count). The lowest BCUT2D eigenvalue weighted by Crippen LogP contribution is -2.28. The number of nitrogens with zero attached hydrogens (tertiary/aromatic N) is 2. The Kier molecular flexibility index (Phi) is 3.11. The average molecular weight is 280 g/mol. The number of carbonyl (C=O) groups excluding carboxylic acids is 1. The van der Waals surface area contributed by atoms with Crippen molar-refractivity contribution in [1.82, 2.24) is 10.2 Å². The van der Waals surface area contributed by atoms with Crippen LogP contribution in [-0.4, -0.2) is 24.0 Å². The Morgan fingerprint density at radius 3 is 3.00 bits per heavy atom. The van der Waals surface area contributed by atoms with E-state index in [1.807, 2.05) is 30.3 Å². The Morgan fingerprint density at radius 1 is 1.56 bits per heavy atom. The summed E-state index contributed by atoms with van der Waals surface area (Å²) in [6.45, 7) is 0.668. The van der Waals surface area contributed by atoms with Crippen molar-refractivity contribution in [1.29, 1.82) is 5.26 Å². The van der Waals surface area contributed by atoms with E-state index in [1.54, 1.807) is 0 Å². The molecule has 0 aliphatic carbocycles. The van der Waals surface area contributed by atoms with Crippen LogP contribution < -0.4 is 5.32 Å². The van der Waals surface area contributed by atoms with Crippen LogP contribution in [0.15, 0.2) is 28.7 Å². The quantitative estimate of drug-likeness (QED) is 0.843. The van der Waals surface area contributed by atoms with Crippen molar-refractivity contribution < 1.29 is 4.79 Å². The largest absolute Gasteiger partial charge is 0.329 e. The minimum absolute atomic E-state index is 0.0450. The number of urea groups is 1. The number of nitriles is 1. The topological polar surface area (TPSA) is 56.1 Å². The maximum atomic E-state index is 11.5. The monoisotopic (exact) mass is 279 g/mol.